The molecule has 0 aliphatic rings. The Balaban J connectivity index is 0.00000361. The summed E-state index contributed by atoms with van der Waals surface area (Å²) < 4.78 is 63.4. The van der Waals surface area contributed by atoms with Gasteiger partial charge >= 0.3 is 6.18 Å². The van der Waals surface area contributed by atoms with Crippen LogP contribution in [0.15, 0.2) is 24.3 Å². The Morgan fingerprint density at radius 1 is 1.20 bits per heavy atom. The summed E-state index contributed by atoms with van der Waals surface area (Å²) in [6, 6.07) is 9.43. The summed E-state index contributed by atoms with van der Waals surface area (Å²) in [6.07, 6.45) is -6.88. The molecule has 1 aromatic carbocycles. The van der Waals surface area contributed by atoms with Crippen LogP contribution in [0.5, 0.6) is 0 Å². The molecule has 1 rings (SSSR count). The van der Waals surface area contributed by atoms with Gasteiger partial charge in [-0.05, 0) is 12.3 Å². The molecule has 1 aromatic rings. The van der Waals surface area contributed by atoms with Crippen molar-refractivity contribution in [2.24, 2.45) is 5.92 Å². The van der Waals surface area contributed by atoms with Crippen molar-refractivity contribution in [2.75, 3.05) is 6.67 Å². The Labute approximate surface area is 141 Å². The molecular formula is C14H16F5Y-. The summed E-state index contributed by atoms with van der Waals surface area (Å²) in [5.74, 6) is -2.88. The van der Waals surface area contributed by atoms with Crippen LogP contribution in [0.25, 0.3) is 0 Å². The van der Waals surface area contributed by atoms with Crippen molar-refractivity contribution in [3.05, 3.63) is 35.9 Å². The van der Waals surface area contributed by atoms with Gasteiger partial charge < -0.3 is 0 Å². The number of benzene rings is 1. The zero-order chi connectivity index (χ0) is 14.5. The van der Waals surface area contributed by atoms with E-state index in [0.717, 1.165) is 5.56 Å². The molecule has 0 bridgehead atoms. The summed E-state index contributed by atoms with van der Waals surface area (Å²) in [7, 11) is 0. The second-order valence-electron chi connectivity index (χ2n) is 4.49. The standard InChI is InChI=1S/C14H16F5.Y/c1-2-10(11-6-4-3-5-7-11)8-13(16)12(9-15)14(17,18)19;/h4-7,10,12-13H,2,8-9H2,1H3;/q-1;. The number of rotatable bonds is 6. The predicted molar refractivity (Wildman–Crippen MR) is 63.3 cm³/mol. The second kappa shape index (κ2) is 9.09. The molecule has 0 aromatic heterocycles. The van der Waals surface area contributed by atoms with Crippen molar-refractivity contribution in [3.63, 3.8) is 0 Å². The first-order valence-corrected chi connectivity index (χ1v) is 6.12. The normalized spacial score (nSPS) is 16.1. The molecule has 0 aliphatic heterocycles. The zero-order valence-corrected chi connectivity index (χ0v) is 14.0. The molecule has 0 saturated heterocycles. The maximum atomic E-state index is 13.7. The molecule has 6 heteroatoms. The van der Waals surface area contributed by atoms with Crippen LogP contribution in [-0.2, 0) is 32.7 Å². The van der Waals surface area contributed by atoms with Crippen LogP contribution in [0.1, 0.15) is 31.2 Å². The molecule has 0 amide bonds. The van der Waals surface area contributed by atoms with Gasteiger partial charge in [0.15, 0.2) is 0 Å². The molecule has 3 atom stereocenters. The van der Waals surface area contributed by atoms with Crippen molar-refractivity contribution in [2.45, 2.75) is 38.0 Å². The van der Waals surface area contributed by atoms with Gasteiger partial charge in [0.2, 0.25) is 0 Å². The number of hydrogen-bond acceptors (Lipinski definition) is 0. The van der Waals surface area contributed by atoms with E-state index in [2.05, 4.69) is 6.07 Å². The van der Waals surface area contributed by atoms with Crippen LogP contribution in [-0.4, -0.2) is 19.0 Å². The molecule has 20 heavy (non-hydrogen) atoms. The molecule has 111 valence electrons. The molecule has 0 fully saturated rings. The van der Waals surface area contributed by atoms with Crippen LogP contribution in [0.3, 0.4) is 0 Å². The molecule has 0 nitrogen and oxygen atoms in total. The average molecular weight is 368 g/mol. The van der Waals surface area contributed by atoms with E-state index in [9.17, 15) is 22.0 Å². The molecule has 3 unspecified atom stereocenters. The van der Waals surface area contributed by atoms with E-state index in [1.165, 1.54) is 0 Å². The molecule has 1 radical (unpaired) electrons. The van der Waals surface area contributed by atoms with Gasteiger partial charge in [-0.1, -0.05) is 13.3 Å². The van der Waals surface area contributed by atoms with E-state index < -0.39 is 24.9 Å². The van der Waals surface area contributed by atoms with Gasteiger partial charge in [-0.2, -0.15) is 49.1 Å². The van der Waals surface area contributed by atoms with Crippen molar-refractivity contribution < 1.29 is 54.7 Å². The first-order valence-electron chi connectivity index (χ1n) is 6.12. The van der Waals surface area contributed by atoms with Crippen molar-refractivity contribution in [3.8, 4) is 0 Å². The Bertz CT molecular complexity index is 366. The van der Waals surface area contributed by atoms with Gasteiger partial charge in [-0.25, -0.2) is 4.39 Å². The number of alkyl halides is 5. The summed E-state index contributed by atoms with van der Waals surface area (Å²) >= 11 is 0. The first kappa shape index (κ1) is 20.0. The Kier molecular flexibility index (Phi) is 9.07. The average Bonchev–Trinajstić information content (AvgIpc) is 2.36. The molecule has 0 heterocycles. The van der Waals surface area contributed by atoms with E-state index in [4.69, 9.17) is 0 Å². The van der Waals surface area contributed by atoms with E-state index in [0.29, 0.717) is 6.42 Å². The SMILES string of the molecule is CCC(CC(F)C(CF)C(F)(F)F)c1cc[c-]cc1.[Y]. The van der Waals surface area contributed by atoms with Crippen LogP contribution in [0.2, 0.25) is 0 Å². The Hall–Kier alpha value is -0.0261. The fourth-order valence-corrected chi connectivity index (χ4v) is 2.04. The molecule has 0 spiro atoms. The second-order valence-corrected chi connectivity index (χ2v) is 4.49. The Morgan fingerprint density at radius 3 is 2.15 bits per heavy atom. The third kappa shape index (κ3) is 5.76. The van der Waals surface area contributed by atoms with Gasteiger partial charge in [0, 0.05) is 32.7 Å². The van der Waals surface area contributed by atoms with Crippen LogP contribution in [0.4, 0.5) is 22.0 Å². The van der Waals surface area contributed by atoms with Crippen LogP contribution >= 0.6 is 0 Å². The predicted octanol–water partition coefficient (Wildman–Crippen LogP) is 4.85. The monoisotopic (exact) mass is 368 g/mol. The van der Waals surface area contributed by atoms with Crippen LogP contribution < -0.4 is 0 Å². The van der Waals surface area contributed by atoms with E-state index in [1.54, 1.807) is 31.2 Å². The topological polar surface area (TPSA) is 0 Å². The quantitative estimate of drug-likeness (QED) is 0.497. The maximum absolute atomic E-state index is 13.7. The maximum Gasteiger partial charge on any atom is 0.397 e. The first-order chi connectivity index (χ1) is 8.90. The van der Waals surface area contributed by atoms with Gasteiger partial charge in [0.1, 0.15) is 18.8 Å². The van der Waals surface area contributed by atoms with Gasteiger partial charge in [-0.3, -0.25) is 4.39 Å². The van der Waals surface area contributed by atoms with Gasteiger partial charge in [0.25, 0.3) is 0 Å². The molecule has 0 saturated carbocycles. The summed E-state index contributed by atoms with van der Waals surface area (Å²) in [6.45, 7) is 0.0514. The molecule has 0 N–H and O–H groups in total. The van der Waals surface area contributed by atoms with Crippen LogP contribution in [0, 0.1) is 12.0 Å². The van der Waals surface area contributed by atoms with Gasteiger partial charge in [0.05, 0.1) is 0 Å². The van der Waals surface area contributed by atoms with E-state index in [-0.39, 0.29) is 45.0 Å². The third-order valence-electron chi connectivity index (χ3n) is 3.24. The van der Waals surface area contributed by atoms with Crippen molar-refractivity contribution in [1.82, 2.24) is 0 Å². The minimum absolute atomic E-state index is 0. The minimum atomic E-state index is -4.84. The van der Waals surface area contributed by atoms with Gasteiger partial charge in [-0.15, -0.1) is 0 Å². The number of hydrogen-bond donors (Lipinski definition) is 0. The zero-order valence-electron chi connectivity index (χ0n) is 11.1. The smallest absolute Gasteiger partial charge is 0.250 e. The van der Waals surface area contributed by atoms with E-state index in [1.807, 2.05) is 0 Å². The molecule has 0 aliphatic carbocycles. The third-order valence-corrected chi connectivity index (χ3v) is 3.24. The summed E-state index contributed by atoms with van der Waals surface area (Å²) in [4.78, 5) is 0. The largest absolute Gasteiger partial charge is 0.397 e. The van der Waals surface area contributed by atoms with Crippen molar-refractivity contribution in [1.29, 1.82) is 0 Å². The number of halogens is 5. The molecular weight excluding hydrogens is 352 g/mol. The Morgan fingerprint density at radius 2 is 1.75 bits per heavy atom. The van der Waals surface area contributed by atoms with Crippen molar-refractivity contribution >= 4 is 0 Å². The summed E-state index contributed by atoms with van der Waals surface area (Å²) in [5, 5.41) is 0. The fourth-order valence-electron chi connectivity index (χ4n) is 2.04. The minimum Gasteiger partial charge on any atom is -0.250 e. The fraction of sp³-hybridized carbons (Fsp3) is 0.571. The van der Waals surface area contributed by atoms with E-state index >= 15 is 0 Å². The summed E-state index contributed by atoms with van der Waals surface area (Å²) in [5.41, 5.74) is 0.753.